The van der Waals surface area contributed by atoms with Gasteiger partial charge in [0, 0.05) is 10.6 Å². The van der Waals surface area contributed by atoms with Gasteiger partial charge in [-0.1, -0.05) is 37.7 Å². The summed E-state index contributed by atoms with van der Waals surface area (Å²) in [5.74, 6) is 0.542. The number of H-pyrrole nitrogens is 1. The van der Waals surface area contributed by atoms with Crippen LogP contribution in [0.2, 0.25) is 0 Å². The molecule has 7 heteroatoms. The lowest BCUT2D eigenvalue weighted by atomic mass is 9.89. The molecule has 1 aliphatic carbocycles. The van der Waals surface area contributed by atoms with Crippen LogP contribution in [-0.4, -0.2) is 21.1 Å². The number of aromatic nitrogens is 2. The molecule has 0 radical (unpaired) electrons. The molecule has 5 nitrogen and oxygen atoms in total. The molecule has 3 aromatic rings. The number of hydrogen-bond acceptors (Lipinski definition) is 5. The molecule has 2 N–H and O–H groups in total. The molecule has 4 rings (SSSR count). The highest BCUT2D eigenvalue weighted by Gasteiger charge is 2.24. The van der Waals surface area contributed by atoms with Gasteiger partial charge in [0.1, 0.15) is 4.83 Å². The van der Waals surface area contributed by atoms with Gasteiger partial charge < -0.3 is 10.3 Å². The van der Waals surface area contributed by atoms with Crippen molar-refractivity contribution in [2.45, 2.75) is 56.9 Å². The van der Waals surface area contributed by atoms with E-state index in [-0.39, 0.29) is 16.7 Å². The minimum Gasteiger partial charge on any atom is -0.325 e. The topological polar surface area (TPSA) is 74.8 Å². The quantitative estimate of drug-likeness (QED) is 0.453. The van der Waals surface area contributed by atoms with Crippen molar-refractivity contribution < 1.29 is 4.79 Å². The van der Waals surface area contributed by atoms with E-state index in [0.717, 1.165) is 41.6 Å². The van der Waals surface area contributed by atoms with E-state index in [1.807, 2.05) is 31.2 Å². The first-order valence-electron chi connectivity index (χ1n) is 10.1. The third-order valence-corrected chi connectivity index (χ3v) is 7.56. The van der Waals surface area contributed by atoms with Gasteiger partial charge >= 0.3 is 0 Å². The molecule has 2 atom stereocenters. The summed E-state index contributed by atoms with van der Waals surface area (Å²) >= 11 is 2.91. The second-order valence-electron chi connectivity index (χ2n) is 7.70. The van der Waals surface area contributed by atoms with Crippen LogP contribution < -0.4 is 10.9 Å². The van der Waals surface area contributed by atoms with Crippen LogP contribution in [0.25, 0.3) is 10.2 Å². The van der Waals surface area contributed by atoms with Crippen molar-refractivity contribution in [3.05, 3.63) is 50.6 Å². The maximum Gasteiger partial charge on any atom is 0.260 e. The van der Waals surface area contributed by atoms with Crippen LogP contribution in [-0.2, 0) is 24.1 Å². The smallest absolute Gasteiger partial charge is 0.260 e. The third kappa shape index (κ3) is 4.26. The van der Waals surface area contributed by atoms with Gasteiger partial charge in [0.25, 0.3) is 5.56 Å². The van der Waals surface area contributed by atoms with Gasteiger partial charge in [-0.25, -0.2) is 4.98 Å². The van der Waals surface area contributed by atoms with E-state index in [4.69, 9.17) is 0 Å². The Kier molecular flexibility index (Phi) is 5.79. The third-order valence-electron chi connectivity index (χ3n) is 5.43. The van der Waals surface area contributed by atoms with Gasteiger partial charge in [-0.05, 0) is 61.8 Å². The number of fused-ring (bicyclic) bond motifs is 3. The van der Waals surface area contributed by atoms with E-state index in [0.29, 0.717) is 11.1 Å². The summed E-state index contributed by atoms with van der Waals surface area (Å²) in [6.45, 7) is 6.18. The Bertz CT molecular complexity index is 1100. The van der Waals surface area contributed by atoms with Gasteiger partial charge in [0.2, 0.25) is 5.91 Å². The monoisotopic (exact) mass is 427 g/mol. The van der Waals surface area contributed by atoms with Crippen molar-refractivity contribution in [2.75, 3.05) is 5.32 Å². The Morgan fingerprint density at radius 2 is 2.14 bits per heavy atom. The minimum absolute atomic E-state index is 0.0904. The maximum absolute atomic E-state index is 12.7. The van der Waals surface area contributed by atoms with Crippen LogP contribution in [0.4, 0.5) is 5.69 Å². The average molecular weight is 428 g/mol. The number of carbonyl (C=O) groups excluding carboxylic acids is 1. The molecule has 0 fully saturated rings. The van der Waals surface area contributed by atoms with E-state index in [1.165, 1.54) is 27.8 Å². The molecule has 29 heavy (non-hydrogen) atoms. The Hall–Kier alpha value is -2.12. The number of hydrogen-bond donors (Lipinski definition) is 2. The largest absolute Gasteiger partial charge is 0.325 e. The summed E-state index contributed by atoms with van der Waals surface area (Å²) < 4.78 is 0. The van der Waals surface area contributed by atoms with Crippen LogP contribution in [0, 0.1) is 5.92 Å². The first-order valence-corrected chi connectivity index (χ1v) is 11.7. The SMILES string of the molecule is CCc1ccc(NC(=O)C(C)Sc2nc3sc4c(c3c(=O)[nH]2)CCC(C)C4)cc1. The van der Waals surface area contributed by atoms with Crippen LogP contribution >= 0.6 is 23.1 Å². The summed E-state index contributed by atoms with van der Waals surface area (Å²) in [6, 6.07) is 7.86. The zero-order chi connectivity index (χ0) is 20.5. The van der Waals surface area contributed by atoms with Crippen molar-refractivity contribution in [3.8, 4) is 0 Å². The lowest BCUT2D eigenvalue weighted by molar-refractivity contribution is -0.115. The standard InChI is InChI=1S/C22H25N3O2S2/c1-4-14-6-8-15(9-7-14)23-19(26)13(3)28-22-24-20(27)18-16-10-5-12(2)11-17(16)29-21(18)25-22/h6-9,12-13H,4-5,10-11H2,1-3H3,(H,23,26)(H,24,25,27). The fourth-order valence-electron chi connectivity index (χ4n) is 3.67. The molecule has 0 bridgehead atoms. The van der Waals surface area contributed by atoms with Crippen LogP contribution in [0.5, 0.6) is 0 Å². The Labute approximate surface area is 178 Å². The van der Waals surface area contributed by atoms with Crippen LogP contribution in [0.1, 0.15) is 43.2 Å². The van der Waals surface area contributed by atoms with Crippen molar-refractivity contribution in [1.82, 2.24) is 9.97 Å². The predicted molar refractivity (Wildman–Crippen MR) is 121 cm³/mol. The molecule has 2 aromatic heterocycles. The molecule has 0 spiro atoms. The number of rotatable bonds is 5. The molecule has 1 amide bonds. The highest BCUT2D eigenvalue weighted by Crippen LogP contribution is 2.36. The Morgan fingerprint density at radius 3 is 2.86 bits per heavy atom. The van der Waals surface area contributed by atoms with Gasteiger partial charge in [-0.2, -0.15) is 0 Å². The first kappa shape index (κ1) is 20.2. The second-order valence-corrected chi connectivity index (χ2v) is 10.1. The zero-order valence-corrected chi connectivity index (χ0v) is 18.5. The minimum atomic E-state index is -0.379. The number of thiophene rings is 1. The highest BCUT2D eigenvalue weighted by molar-refractivity contribution is 8.00. The number of amides is 1. The zero-order valence-electron chi connectivity index (χ0n) is 16.9. The number of benzene rings is 1. The number of aromatic amines is 1. The van der Waals surface area contributed by atoms with E-state index in [1.54, 1.807) is 11.3 Å². The average Bonchev–Trinajstić information content (AvgIpc) is 3.06. The lowest BCUT2D eigenvalue weighted by Crippen LogP contribution is -2.23. The summed E-state index contributed by atoms with van der Waals surface area (Å²) in [4.78, 5) is 34.9. The van der Waals surface area contributed by atoms with E-state index < -0.39 is 0 Å². The molecule has 1 aliphatic rings. The highest BCUT2D eigenvalue weighted by atomic mass is 32.2. The lowest BCUT2D eigenvalue weighted by Gasteiger charge is -2.17. The van der Waals surface area contributed by atoms with Crippen molar-refractivity contribution in [1.29, 1.82) is 0 Å². The number of carbonyl (C=O) groups is 1. The Morgan fingerprint density at radius 1 is 1.38 bits per heavy atom. The molecule has 2 heterocycles. The summed E-state index contributed by atoms with van der Waals surface area (Å²) in [6.07, 6.45) is 4.05. The molecule has 0 aliphatic heterocycles. The summed E-state index contributed by atoms with van der Waals surface area (Å²) in [7, 11) is 0. The van der Waals surface area contributed by atoms with Gasteiger partial charge in [-0.3, -0.25) is 9.59 Å². The van der Waals surface area contributed by atoms with E-state index in [2.05, 4.69) is 29.1 Å². The second kappa shape index (κ2) is 8.32. The van der Waals surface area contributed by atoms with E-state index >= 15 is 0 Å². The number of anilines is 1. The van der Waals surface area contributed by atoms with Gasteiger partial charge in [0.15, 0.2) is 5.16 Å². The van der Waals surface area contributed by atoms with Gasteiger partial charge in [-0.15, -0.1) is 11.3 Å². The van der Waals surface area contributed by atoms with E-state index in [9.17, 15) is 9.59 Å². The fraction of sp³-hybridized carbons (Fsp3) is 0.409. The molecule has 1 aromatic carbocycles. The fourth-order valence-corrected chi connectivity index (χ4v) is 5.91. The Balaban J connectivity index is 1.51. The number of nitrogens with one attached hydrogen (secondary N) is 2. The number of nitrogens with zero attached hydrogens (tertiary/aromatic N) is 1. The molecule has 0 saturated heterocycles. The maximum atomic E-state index is 12.7. The van der Waals surface area contributed by atoms with Crippen LogP contribution in [0.15, 0.2) is 34.2 Å². The number of aryl methyl sites for hydroxylation is 2. The summed E-state index contributed by atoms with van der Waals surface area (Å²) in [5.41, 5.74) is 3.09. The van der Waals surface area contributed by atoms with Crippen molar-refractivity contribution in [3.63, 3.8) is 0 Å². The van der Waals surface area contributed by atoms with Crippen molar-refractivity contribution >= 4 is 44.9 Å². The molecular weight excluding hydrogens is 402 g/mol. The molecule has 2 unspecified atom stereocenters. The molecule has 0 saturated carbocycles. The summed E-state index contributed by atoms with van der Waals surface area (Å²) in [5, 5.41) is 3.80. The normalized spacial score (nSPS) is 17.1. The number of thioether (sulfide) groups is 1. The molecule has 152 valence electrons. The van der Waals surface area contributed by atoms with Gasteiger partial charge in [0.05, 0.1) is 10.6 Å². The van der Waals surface area contributed by atoms with Crippen LogP contribution in [0.3, 0.4) is 0 Å². The van der Waals surface area contributed by atoms with Crippen molar-refractivity contribution in [2.24, 2.45) is 5.92 Å². The predicted octanol–water partition coefficient (Wildman–Crippen LogP) is 4.79. The molecular formula is C22H25N3O2S2. The first-order chi connectivity index (χ1) is 13.9.